The summed E-state index contributed by atoms with van der Waals surface area (Å²) in [4.78, 5) is 45.3. The number of benzene rings is 1. The second-order valence-electron chi connectivity index (χ2n) is 6.80. The van der Waals surface area contributed by atoms with Crippen molar-refractivity contribution >= 4 is 22.5 Å². The molecule has 0 bridgehead atoms. The number of H-pyrrole nitrogens is 1. The smallest absolute Gasteiger partial charge is 0.313 e. The summed E-state index contributed by atoms with van der Waals surface area (Å²) in [5.74, 6) is -0.722. The fraction of sp³-hybridized carbons (Fsp3) is 0.143. The minimum atomic E-state index is -0.751. The van der Waals surface area contributed by atoms with E-state index in [9.17, 15) is 14.4 Å². The number of methoxy groups -OCH3 is 1. The van der Waals surface area contributed by atoms with Gasteiger partial charge in [-0.3, -0.25) is 18.8 Å². The Balaban J connectivity index is 1.77. The molecule has 0 unspecified atom stereocenters. The maximum absolute atomic E-state index is 13.1. The van der Waals surface area contributed by atoms with E-state index in [1.165, 1.54) is 4.40 Å². The van der Waals surface area contributed by atoms with Crippen molar-refractivity contribution in [2.75, 3.05) is 7.11 Å². The van der Waals surface area contributed by atoms with Gasteiger partial charge in [-0.2, -0.15) is 4.98 Å². The SMILES string of the molecule is COc1ccc2cc([C@@H]3CC(=O)Oc4nc5ccccn5c(=O)c43)c(=O)[nH]c2c1. The van der Waals surface area contributed by atoms with Gasteiger partial charge in [-0.15, -0.1) is 0 Å². The lowest BCUT2D eigenvalue weighted by Crippen LogP contribution is -2.33. The zero-order valence-electron chi connectivity index (χ0n) is 15.3. The second-order valence-corrected chi connectivity index (χ2v) is 6.80. The highest BCUT2D eigenvalue weighted by Crippen LogP contribution is 2.35. The van der Waals surface area contributed by atoms with Crippen molar-refractivity contribution in [2.45, 2.75) is 12.3 Å². The molecule has 29 heavy (non-hydrogen) atoms. The van der Waals surface area contributed by atoms with Crippen molar-refractivity contribution in [3.8, 4) is 11.6 Å². The molecule has 8 nitrogen and oxygen atoms in total. The van der Waals surface area contributed by atoms with Gasteiger partial charge in [0.05, 0.1) is 24.6 Å². The fourth-order valence-electron chi connectivity index (χ4n) is 3.72. The van der Waals surface area contributed by atoms with E-state index in [1.54, 1.807) is 55.8 Å². The van der Waals surface area contributed by atoms with Crippen LogP contribution in [0.4, 0.5) is 0 Å². The van der Waals surface area contributed by atoms with Crippen molar-refractivity contribution in [1.29, 1.82) is 0 Å². The summed E-state index contributed by atoms with van der Waals surface area (Å²) in [5, 5.41) is 0.759. The quantitative estimate of drug-likeness (QED) is 0.526. The molecule has 1 aromatic carbocycles. The molecule has 4 heterocycles. The highest BCUT2D eigenvalue weighted by Gasteiger charge is 2.34. The molecule has 3 aromatic heterocycles. The number of ether oxygens (including phenoxy) is 2. The standard InChI is InChI=1S/C21H15N3O5/c1-28-12-6-5-11-8-14(19(26)22-15(11)9-12)13-10-17(25)29-20-18(13)21(27)24-7-3-2-4-16(24)23-20/h2-9,13H,10H2,1H3,(H,22,26)/t13-/m0/s1. The molecule has 0 spiro atoms. The summed E-state index contributed by atoms with van der Waals surface area (Å²) in [6.07, 6.45) is 1.48. The van der Waals surface area contributed by atoms with Gasteiger partial charge < -0.3 is 14.5 Å². The Labute approximate surface area is 163 Å². The van der Waals surface area contributed by atoms with Crippen LogP contribution in [0.1, 0.15) is 23.5 Å². The van der Waals surface area contributed by atoms with Gasteiger partial charge in [0.25, 0.3) is 11.1 Å². The zero-order valence-corrected chi connectivity index (χ0v) is 15.3. The molecule has 1 aliphatic rings. The van der Waals surface area contributed by atoms with E-state index in [-0.39, 0.29) is 29.0 Å². The topological polar surface area (TPSA) is 103 Å². The summed E-state index contributed by atoms with van der Waals surface area (Å²) in [7, 11) is 1.54. The first kappa shape index (κ1) is 17.2. The molecule has 0 fully saturated rings. The van der Waals surface area contributed by atoms with Crippen LogP contribution in [0.3, 0.4) is 0 Å². The number of aromatic amines is 1. The van der Waals surface area contributed by atoms with Crippen LogP contribution in [0.25, 0.3) is 16.6 Å². The lowest BCUT2D eigenvalue weighted by atomic mass is 9.88. The Morgan fingerprint density at radius 3 is 2.86 bits per heavy atom. The number of carbonyl (C=O) groups excluding carboxylic acids is 1. The fourth-order valence-corrected chi connectivity index (χ4v) is 3.72. The average Bonchev–Trinajstić information content (AvgIpc) is 2.72. The van der Waals surface area contributed by atoms with Crippen LogP contribution in [0.5, 0.6) is 11.6 Å². The van der Waals surface area contributed by atoms with Gasteiger partial charge in [-0.05, 0) is 35.7 Å². The molecule has 5 rings (SSSR count). The number of nitrogens with one attached hydrogen (secondary N) is 1. The van der Waals surface area contributed by atoms with Crippen molar-refractivity contribution in [2.24, 2.45) is 0 Å². The number of aromatic nitrogens is 3. The Morgan fingerprint density at radius 1 is 1.17 bits per heavy atom. The zero-order chi connectivity index (χ0) is 20.1. The predicted molar refractivity (Wildman–Crippen MR) is 105 cm³/mol. The second kappa shape index (κ2) is 6.30. The lowest BCUT2D eigenvalue weighted by Gasteiger charge is -2.23. The normalized spacial score (nSPS) is 15.9. The molecule has 4 aromatic rings. The van der Waals surface area contributed by atoms with Crippen LogP contribution in [-0.4, -0.2) is 27.4 Å². The maximum atomic E-state index is 13.1. The molecule has 0 saturated carbocycles. The van der Waals surface area contributed by atoms with Crippen LogP contribution >= 0.6 is 0 Å². The molecule has 1 N–H and O–H groups in total. The van der Waals surface area contributed by atoms with Gasteiger partial charge in [-0.1, -0.05) is 6.07 Å². The van der Waals surface area contributed by atoms with E-state index in [2.05, 4.69) is 9.97 Å². The van der Waals surface area contributed by atoms with Crippen LogP contribution < -0.4 is 20.6 Å². The first-order valence-corrected chi connectivity index (χ1v) is 8.98. The van der Waals surface area contributed by atoms with Crippen molar-refractivity contribution in [1.82, 2.24) is 14.4 Å². The summed E-state index contributed by atoms with van der Waals surface area (Å²) in [6.45, 7) is 0. The van der Waals surface area contributed by atoms with Crippen molar-refractivity contribution < 1.29 is 14.3 Å². The number of fused-ring (bicyclic) bond motifs is 3. The largest absolute Gasteiger partial charge is 0.497 e. The molecule has 1 aliphatic heterocycles. The number of esters is 1. The Hall–Kier alpha value is -3.94. The van der Waals surface area contributed by atoms with Crippen LogP contribution in [0, 0.1) is 0 Å². The summed E-state index contributed by atoms with van der Waals surface area (Å²) in [6, 6.07) is 12.1. The predicted octanol–water partition coefficient (Wildman–Crippen LogP) is 1.99. The number of hydrogen-bond donors (Lipinski definition) is 1. The number of rotatable bonds is 2. The molecule has 0 saturated heterocycles. The van der Waals surface area contributed by atoms with Crippen LogP contribution in [-0.2, 0) is 4.79 Å². The number of carbonyl (C=O) groups is 1. The van der Waals surface area contributed by atoms with E-state index < -0.39 is 11.9 Å². The van der Waals surface area contributed by atoms with Gasteiger partial charge in [0, 0.05) is 23.7 Å². The van der Waals surface area contributed by atoms with Gasteiger partial charge in [0.2, 0.25) is 5.88 Å². The van der Waals surface area contributed by atoms with E-state index in [0.717, 1.165) is 5.39 Å². The average molecular weight is 389 g/mol. The molecule has 0 amide bonds. The third-order valence-corrected chi connectivity index (χ3v) is 5.12. The minimum absolute atomic E-state index is 0.0447. The molecule has 0 aliphatic carbocycles. The van der Waals surface area contributed by atoms with Gasteiger partial charge in [0.1, 0.15) is 11.4 Å². The maximum Gasteiger partial charge on any atom is 0.313 e. The van der Waals surface area contributed by atoms with Gasteiger partial charge in [-0.25, -0.2) is 0 Å². The van der Waals surface area contributed by atoms with Crippen molar-refractivity contribution in [3.63, 3.8) is 0 Å². The van der Waals surface area contributed by atoms with Crippen LogP contribution in [0.2, 0.25) is 0 Å². The summed E-state index contributed by atoms with van der Waals surface area (Å²) in [5.41, 5.74) is 0.739. The third-order valence-electron chi connectivity index (χ3n) is 5.12. The van der Waals surface area contributed by atoms with Crippen LogP contribution in [0.15, 0.2) is 58.3 Å². The molecule has 8 heteroatoms. The third kappa shape index (κ3) is 2.68. The van der Waals surface area contributed by atoms with Crippen molar-refractivity contribution in [3.05, 3.63) is 80.5 Å². The molecular formula is C21H15N3O5. The monoisotopic (exact) mass is 389 g/mol. The number of nitrogens with zero attached hydrogens (tertiary/aromatic N) is 2. The van der Waals surface area contributed by atoms with E-state index in [1.807, 2.05) is 0 Å². The number of hydrogen-bond acceptors (Lipinski definition) is 6. The highest BCUT2D eigenvalue weighted by atomic mass is 16.5. The Morgan fingerprint density at radius 2 is 2.03 bits per heavy atom. The summed E-state index contributed by atoms with van der Waals surface area (Å²) >= 11 is 0. The molecule has 1 atom stereocenters. The summed E-state index contributed by atoms with van der Waals surface area (Å²) < 4.78 is 11.8. The molecular weight excluding hydrogens is 374 g/mol. The highest BCUT2D eigenvalue weighted by molar-refractivity contribution is 5.82. The van der Waals surface area contributed by atoms with E-state index in [0.29, 0.717) is 22.5 Å². The van der Waals surface area contributed by atoms with Gasteiger partial charge in [0.15, 0.2) is 0 Å². The molecule has 0 radical (unpaired) electrons. The number of pyridine rings is 2. The lowest BCUT2D eigenvalue weighted by molar-refractivity contribution is -0.135. The first-order valence-electron chi connectivity index (χ1n) is 8.98. The van der Waals surface area contributed by atoms with E-state index in [4.69, 9.17) is 9.47 Å². The minimum Gasteiger partial charge on any atom is -0.497 e. The molecule has 144 valence electrons. The first-order chi connectivity index (χ1) is 14.0. The Bertz CT molecular complexity index is 1420. The van der Waals surface area contributed by atoms with E-state index >= 15 is 0 Å². The Kier molecular flexibility index (Phi) is 3.73. The van der Waals surface area contributed by atoms with Gasteiger partial charge >= 0.3 is 5.97 Å².